The van der Waals surface area contributed by atoms with E-state index in [2.05, 4.69) is 58.7 Å². The van der Waals surface area contributed by atoms with E-state index in [1.165, 1.54) is 11.1 Å². The lowest BCUT2D eigenvalue weighted by molar-refractivity contribution is 0.415. The summed E-state index contributed by atoms with van der Waals surface area (Å²) in [6.07, 6.45) is 0. The number of aromatic nitrogens is 3. The molecule has 0 amide bonds. The molecule has 5 rings (SSSR count). The van der Waals surface area contributed by atoms with Crippen LogP contribution in [0.2, 0.25) is 0 Å². The summed E-state index contributed by atoms with van der Waals surface area (Å²) < 4.78 is 7.07. The standard InChI is InChI=1S/C23H18N4OS/c1-28-20-13-11-19(12-14-20)22-24-25-23-27(22)26-21(15-29-23)18-9-7-17(8-10-18)16-5-3-2-4-6-16/h2-14H,15H2,1H3. The summed E-state index contributed by atoms with van der Waals surface area (Å²) in [7, 11) is 1.66. The fraction of sp³-hybridized carbons (Fsp3) is 0.0870. The summed E-state index contributed by atoms with van der Waals surface area (Å²) in [6.45, 7) is 0. The number of methoxy groups -OCH3 is 1. The highest BCUT2D eigenvalue weighted by molar-refractivity contribution is 7.99. The van der Waals surface area contributed by atoms with E-state index in [9.17, 15) is 0 Å². The van der Waals surface area contributed by atoms with E-state index in [0.717, 1.165) is 39.3 Å². The molecule has 0 aliphatic carbocycles. The minimum atomic E-state index is 0.730. The second kappa shape index (κ2) is 7.56. The van der Waals surface area contributed by atoms with Gasteiger partial charge in [0.05, 0.1) is 12.8 Å². The minimum absolute atomic E-state index is 0.730. The molecule has 5 nitrogen and oxygen atoms in total. The highest BCUT2D eigenvalue weighted by Crippen LogP contribution is 2.29. The number of fused-ring (bicyclic) bond motifs is 1. The molecule has 0 N–H and O–H groups in total. The van der Waals surface area contributed by atoms with Gasteiger partial charge in [-0.1, -0.05) is 66.4 Å². The number of benzene rings is 3. The molecule has 0 radical (unpaired) electrons. The Morgan fingerprint density at radius 3 is 2.14 bits per heavy atom. The zero-order valence-corrected chi connectivity index (χ0v) is 16.6. The Kier molecular flexibility index (Phi) is 4.62. The minimum Gasteiger partial charge on any atom is -0.497 e. The molecule has 1 aliphatic rings. The van der Waals surface area contributed by atoms with Crippen molar-refractivity contribution >= 4 is 17.5 Å². The van der Waals surface area contributed by atoms with Crippen molar-refractivity contribution in [2.24, 2.45) is 5.10 Å². The summed E-state index contributed by atoms with van der Waals surface area (Å²) in [5.74, 6) is 2.31. The average molecular weight is 398 g/mol. The Balaban J connectivity index is 1.47. The molecule has 0 atom stereocenters. The van der Waals surface area contributed by atoms with Crippen LogP contribution >= 0.6 is 11.8 Å². The highest BCUT2D eigenvalue weighted by Gasteiger charge is 2.20. The summed E-state index contributed by atoms with van der Waals surface area (Å²) in [5.41, 5.74) is 5.48. The first-order chi connectivity index (χ1) is 14.3. The van der Waals surface area contributed by atoms with Crippen molar-refractivity contribution in [2.45, 2.75) is 5.16 Å². The van der Waals surface area contributed by atoms with Crippen LogP contribution in [0.1, 0.15) is 5.56 Å². The number of hydrogen-bond donors (Lipinski definition) is 0. The topological polar surface area (TPSA) is 52.3 Å². The Morgan fingerprint density at radius 1 is 0.759 bits per heavy atom. The third-order valence-electron chi connectivity index (χ3n) is 4.84. The second-order valence-corrected chi connectivity index (χ2v) is 7.57. The van der Waals surface area contributed by atoms with Crippen LogP contribution in [0, 0.1) is 0 Å². The fourth-order valence-corrected chi connectivity index (χ4v) is 4.11. The number of ether oxygens (including phenoxy) is 1. The Labute approximate surface area is 173 Å². The van der Waals surface area contributed by atoms with E-state index in [4.69, 9.17) is 9.84 Å². The van der Waals surface area contributed by atoms with Crippen LogP contribution in [-0.2, 0) is 0 Å². The first kappa shape index (κ1) is 17.7. The van der Waals surface area contributed by atoms with Crippen molar-refractivity contribution < 1.29 is 4.74 Å². The Morgan fingerprint density at radius 2 is 1.41 bits per heavy atom. The third-order valence-corrected chi connectivity index (χ3v) is 5.77. The maximum absolute atomic E-state index is 5.24. The smallest absolute Gasteiger partial charge is 0.212 e. The van der Waals surface area contributed by atoms with E-state index >= 15 is 0 Å². The molecule has 29 heavy (non-hydrogen) atoms. The van der Waals surface area contributed by atoms with Gasteiger partial charge in [0, 0.05) is 11.3 Å². The van der Waals surface area contributed by atoms with Gasteiger partial charge in [-0.2, -0.15) is 9.78 Å². The molecule has 4 aromatic rings. The zero-order chi connectivity index (χ0) is 19.6. The molecule has 0 unspecified atom stereocenters. The average Bonchev–Trinajstić information content (AvgIpc) is 3.23. The molecule has 0 fully saturated rings. The van der Waals surface area contributed by atoms with Crippen molar-refractivity contribution in [3.8, 4) is 28.3 Å². The second-order valence-electron chi connectivity index (χ2n) is 6.63. The zero-order valence-electron chi connectivity index (χ0n) is 15.8. The van der Waals surface area contributed by atoms with Crippen molar-refractivity contribution in [1.29, 1.82) is 0 Å². The largest absolute Gasteiger partial charge is 0.497 e. The molecule has 0 bridgehead atoms. The quantitative estimate of drug-likeness (QED) is 0.487. The van der Waals surface area contributed by atoms with Gasteiger partial charge in [-0.25, -0.2) is 0 Å². The predicted molar refractivity (Wildman–Crippen MR) is 117 cm³/mol. The summed E-state index contributed by atoms with van der Waals surface area (Å²) >= 11 is 1.65. The van der Waals surface area contributed by atoms with Crippen LogP contribution in [0.5, 0.6) is 5.75 Å². The molecular weight excluding hydrogens is 380 g/mol. The molecule has 1 aromatic heterocycles. The van der Waals surface area contributed by atoms with E-state index < -0.39 is 0 Å². The third kappa shape index (κ3) is 3.43. The molecule has 0 saturated heterocycles. The maximum atomic E-state index is 5.24. The van der Waals surface area contributed by atoms with Gasteiger partial charge in [0.25, 0.3) is 0 Å². The van der Waals surface area contributed by atoms with Crippen LogP contribution < -0.4 is 4.74 Å². The van der Waals surface area contributed by atoms with Crippen LogP contribution in [0.3, 0.4) is 0 Å². The Hall–Kier alpha value is -3.38. The Bertz CT molecular complexity index is 1170. The van der Waals surface area contributed by atoms with Crippen molar-refractivity contribution in [3.05, 3.63) is 84.4 Å². The normalized spacial score (nSPS) is 12.9. The highest BCUT2D eigenvalue weighted by atomic mass is 32.2. The monoisotopic (exact) mass is 398 g/mol. The van der Waals surface area contributed by atoms with Crippen molar-refractivity contribution in [3.63, 3.8) is 0 Å². The molecule has 0 saturated carbocycles. The van der Waals surface area contributed by atoms with Gasteiger partial charge in [0.15, 0.2) is 5.82 Å². The summed E-state index contributed by atoms with van der Waals surface area (Å²) in [4.78, 5) is 0. The number of nitrogens with zero attached hydrogens (tertiary/aromatic N) is 4. The van der Waals surface area contributed by atoms with Gasteiger partial charge < -0.3 is 4.74 Å². The molecule has 142 valence electrons. The lowest BCUT2D eigenvalue weighted by Crippen LogP contribution is -2.13. The molecule has 0 spiro atoms. The lowest BCUT2D eigenvalue weighted by Gasteiger charge is -2.14. The number of hydrogen-bond acceptors (Lipinski definition) is 5. The number of thioether (sulfide) groups is 1. The molecule has 2 heterocycles. The summed E-state index contributed by atoms with van der Waals surface area (Å²) in [5, 5.41) is 14.3. The maximum Gasteiger partial charge on any atom is 0.212 e. The van der Waals surface area contributed by atoms with Gasteiger partial charge in [0.2, 0.25) is 5.16 Å². The van der Waals surface area contributed by atoms with Gasteiger partial charge >= 0.3 is 0 Å². The van der Waals surface area contributed by atoms with E-state index in [1.54, 1.807) is 18.9 Å². The fourth-order valence-electron chi connectivity index (χ4n) is 3.27. The SMILES string of the molecule is COc1ccc(-c2nnc3n2N=C(c2ccc(-c4ccccc4)cc2)CS3)cc1. The predicted octanol–water partition coefficient (Wildman–Crippen LogP) is 4.98. The van der Waals surface area contributed by atoms with Crippen molar-refractivity contribution in [1.82, 2.24) is 14.9 Å². The first-order valence-corrected chi connectivity index (χ1v) is 10.3. The van der Waals surface area contributed by atoms with Crippen LogP contribution in [0.4, 0.5) is 0 Å². The molecular formula is C23H18N4OS. The van der Waals surface area contributed by atoms with Gasteiger partial charge in [0.1, 0.15) is 5.75 Å². The van der Waals surface area contributed by atoms with Gasteiger partial charge in [-0.05, 0) is 41.0 Å². The lowest BCUT2D eigenvalue weighted by atomic mass is 10.0. The molecule has 6 heteroatoms. The molecule has 3 aromatic carbocycles. The molecule has 1 aliphatic heterocycles. The van der Waals surface area contributed by atoms with E-state index in [1.807, 2.05) is 35.0 Å². The van der Waals surface area contributed by atoms with Gasteiger partial charge in [-0.15, -0.1) is 10.2 Å². The van der Waals surface area contributed by atoms with Gasteiger partial charge in [-0.3, -0.25) is 0 Å². The van der Waals surface area contributed by atoms with Crippen molar-refractivity contribution in [2.75, 3.05) is 12.9 Å². The first-order valence-electron chi connectivity index (χ1n) is 9.28. The van der Waals surface area contributed by atoms with Crippen LogP contribution in [-0.4, -0.2) is 33.4 Å². The van der Waals surface area contributed by atoms with Crippen LogP contribution in [0.15, 0.2) is 89.1 Å². The van der Waals surface area contributed by atoms with E-state index in [0.29, 0.717) is 0 Å². The van der Waals surface area contributed by atoms with E-state index in [-0.39, 0.29) is 0 Å². The van der Waals surface area contributed by atoms with Crippen LogP contribution in [0.25, 0.3) is 22.5 Å². The summed E-state index contributed by atoms with van der Waals surface area (Å²) in [6, 6.07) is 26.7. The number of rotatable bonds is 4.